The number of nitrogens with zero attached hydrogens (tertiary/aromatic N) is 1. The molecule has 0 heterocycles. The first-order valence-corrected chi connectivity index (χ1v) is 6.23. The van der Waals surface area contributed by atoms with Gasteiger partial charge in [-0.25, -0.2) is 0 Å². The third-order valence-corrected chi connectivity index (χ3v) is 3.13. The first kappa shape index (κ1) is 14.6. The van der Waals surface area contributed by atoms with Gasteiger partial charge in [-0.2, -0.15) is 0 Å². The van der Waals surface area contributed by atoms with Crippen LogP contribution in [0.3, 0.4) is 0 Å². The van der Waals surface area contributed by atoms with Crippen LogP contribution in [0.5, 0.6) is 17.2 Å². The van der Waals surface area contributed by atoms with Gasteiger partial charge in [0, 0.05) is 12.0 Å². The molecular formula is C15H15NO5. The van der Waals surface area contributed by atoms with Crippen molar-refractivity contribution in [3.8, 4) is 17.2 Å². The lowest BCUT2D eigenvalue weighted by Gasteiger charge is -2.10. The van der Waals surface area contributed by atoms with Gasteiger partial charge in [0.15, 0.2) is 5.75 Å². The third-order valence-electron chi connectivity index (χ3n) is 3.13. The number of hydrogen-bond donors (Lipinski definition) is 1. The standard InChI is InChI=1S/C15H15NO5/c1-20-12-6-3-10(4-7-12)9-11-5-8-13(17)14(16(18)19)15(11)21-2/h3-8,17H,9H2,1-2H3. The highest BCUT2D eigenvalue weighted by molar-refractivity contribution is 5.61. The molecule has 0 saturated carbocycles. The zero-order valence-corrected chi connectivity index (χ0v) is 11.7. The Kier molecular flexibility index (Phi) is 4.27. The molecular weight excluding hydrogens is 274 g/mol. The minimum absolute atomic E-state index is 0.0795. The van der Waals surface area contributed by atoms with E-state index in [0.717, 1.165) is 11.3 Å². The van der Waals surface area contributed by atoms with Gasteiger partial charge >= 0.3 is 5.69 Å². The quantitative estimate of drug-likeness (QED) is 0.676. The second-order valence-electron chi connectivity index (χ2n) is 4.41. The topological polar surface area (TPSA) is 81.8 Å². The number of nitro groups is 1. The maximum absolute atomic E-state index is 11.0. The number of aromatic hydroxyl groups is 1. The van der Waals surface area contributed by atoms with Gasteiger partial charge in [0.2, 0.25) is 5.75 Å². The molecule has 2 rings (SSSR count). The Balaban J connectivity index is 2.39. The summed E-state index contributed by atoms with van der Waals surface area (Å²) in [6.45, 7) is 0. The van der Waals surface area contributed by atoms with E-state index in [-0.39, 0.29) is 5.75 Å². The summed E-state index contributed by atoms with van der Waals surface area (Å²) >= 11 is 0. The average molecular weight is 289 g/mol. The van der Waals surface area contributed by atoms with E-state index < -0.39 is 16.4 Å². The Morgan fingerprint density at radius 1 is 1.10 bits per heavy atom. The summed E-state index contributed by atoms with van der Waals surface area (Å²) in [5.41, 5.74) is 1.17. The fourth-order valence-corrected chi connectivity index (χ4v) is 2.11. The molecule has 0 amide bonds. The SMILES string of the molecule is COc1ccc(Cc2ccc(O)c([N+](=O)[O-])c2OC)cc1. The Bertz CT molecular complexity index is 652. The molecule has 1 N–H and O–H groups in total. The highest BCUT2D eigenvalue weighted by Gasteiger charge is 2.24. The van der Waals surface area contributed by atoms with Gasteiger partial charge in [0.1, 0.15) is 5.75 Å². The van der Waals surface area contributed by atoms with Gasteiger partial charge in [0.05, 0.1) is 19.1 Å². The van der Waals surface area contributed by atoms with E-state index >= 15 is 0 Å². The predicted octanol–water partition coefficient (Wildman–Crippen LogP) is 2.91. The van der Waals surface area contributed by atoms with Crippen molar-refractivity contribution in [2.24, 2.45) is 0 Å². The highest BCUT2D eigenvalue weighted by Crippen LogP contribution is 2.39. The first-order chi connectivity index (χ1) is 10.1. The number of rotatable bonds is 5. The van der Waals surface area contributed by atoms with Crippen LogP contribution < -0.4 is 9.47 Å². The van der Waals surface area contributed by atoms with E-state index in [0.29, 0.717) is 12.0 Å². The lowest BCUT2D eigenvalue weighted by Crippen LogP contribution is -1.99. The lowest BCUT2D eigenvalue weighted by atomic mass is 10.0. The van der Waals surface area contributed by atoms with Crippen molar-refractivity contribution in [1.29, 1.82) is 0 Å². The Morgan fingerprint density at radius 3 is 2.29 bits per heavy atom. The second-order valence-corrected chi connectivity index (χ2v) is 4.41. The van der Waals surface area contributed by atoms with Crippen molar-refractivity contribution < 1.29 is 19.5 Å². The molecule has 110 valence electrons. The molecule has 0 fully saturated rings. The number of phenols is 1. The molecule has 6 heteroatoms. The van der Waals surface area contributed by atoms with Crippen molar-refractivity contribution in [3.05, 3.63) is 57.6 Å². The summed E-state index contributed by atoms with van der Waals surface area (Å²) in [5.74, 6) is 0.411. The number of ether oxygens (including phenoxy) is 2. The molecule has 2 aromatic carbocycles. The molecule has 2 aromatic rings. The van der Waals surface area contributed by atoms with Gasteiger partial charge in [0.25, 0.3) is 0 Å². The molecule has 0 radical (unpaired) electrons. The summed E-state index contributed by atoms with van der Waals surface area (Å²) in [5, 5.41) is 20.7. The van der Waals surface area contributed by atoms with Gasteiger partial charge in [-0.05, 0) is 23.8 Å². The smallest absolute Gasteiger partial charge is 0.352 e. The van der Waals surface area contributed by atoms with E-state index in [4.69, 9.17) is 9.47 Å². The highest BCUT2D eigenvalue weighted by atomic mass is 16.6. The summed E-state index contributed by atoms with van der Waals surface area (Å²) < 4.78 is 10.2. The molecule has 0 atom stereocenters. The van der Waals surface area contributed by atoms with Crippen molar-refractivity contribution in [2.45, 2.75) is 6.42 Å². The second kappa shape index (κ2) is 6.13. The fourth-order valence-electron chi connectivity index (χ4n) is 2.11. The Hall–Kier alpha value is -2.76. The van der Waals surface area contributed by atoms with E-state index in [1.807, 2.05) is 24.3 Å². The number of methoxy groups -OCH3 is 2. The van der Waals surface area contributed by atoms with Crippen LogP contribution in [0.4, 0.5) is 5.69 Å². The van der Waals surface area contributed by atoms with Crippen LogP contribution in [0.25, 0.3) is 0 Å². The van der Waals surface area contributed by atoms with E-state index in [2.05, 4.69) is 0 Å². The van der Waals surface area contributed by atoms with Gasteiger partial charge < -0.3 is 14.6 Å². The predicted molar refractivity (Wildman–Crippen MR) is 77.1 cm³/mol. The summed E-state index contributed by atoms with van der Waals surface area (Å²) in [7, 11) is 2.93. The monoisotopic (exact) mass is 289 g/mol. The van der Waals surface area contributed by atoms with E-state index in [1.54, 1.807) is 13.2 Å². The molecule has 0 saturated heterocycles. The van der Waals surface area contributed by atoms with E-state index in [9.17, 15) is 15.2 Å². The minimum atomic E-state index is -0.647. The lowest BCUT2D eigenvalue weighted by molar-refractivity contribution is -0.386. The third kappa shape index (κ3) is 3.05. The summed E-state index contributed by atoms with van der Waals surface area (Å²) in [6, 6.07) is 10.3. The van der Waals surface area contributed by atoms with Crippen LogP contribution in [-0.4, -0.2) is 24.2 Å². The summed E-state index contributed by atoms with van der Waals surface area (Å²) in [4.78, 5) is 10.4. The van der Waals surface area contributed by atoms with Gasteiger partial charge in [-0.3, -0.25) is 10.1 Å². The zero-order chi connectivity index (χ0) is 15.4. The molecule has 0 bridgehead atoms. The largest absolute Gasteiger partial charge is 0.502 e. The molecule has 0 aliphatic carbocycles. The summed E-state index contributed by atoms with van der Waals surface area (Å²) in [6.07, 6.45) is 0.453. The number of hydrogen-bond acceptors (Lipinski definition) is 5. The van der Waals surface area contributed by atoms with Crippen molar-refractivity contribution in [2.75, 3.05) is 14.2 Å². The maximum atomic E-state index is 11.0. The zero-order valence-electron chi connectivity index (χ0n) is 11.7. The molecule has 0 aromatic heterocycles. The van der Waals surface area contributed by atoms with Crippen molar-refractivity contribution >= 4 is 5.69 Å². The van der Waals surface area contributed by atoms with Crippen LogP contribution in [0.15, 0.2) is 36.4 Å². The Morgan fingerprint density at radius 2 is 1.76 bits per heavy atom. The average Bonchev–Trinajstić information content (AvgIpc) is 2.49. The maximum Gasteiger partial charge on any atom is 0.352 e. The Labute approximate surface area is 121 Å². The van der Waals surface area contributed by atoms with Crippen LogP contribution in [-0.2, 0) is 6.42 Å². The van der Waals surface area contributed by atoms with Crippen molar-refractivity contribution in [3.63, 3.8) is 0 Å². The molecule has 0 aliphatic rings. The number of benzene rings is 2. The molecule has 0 aliphatic heterocycles. The van der Waals surface area contributed by atoms with Gasteiger partial charge in [-0.15, -0.1) is 0 Å². The van der Waals surface area contributed by atoms with E-state index in [1.165, 1.54) is 13.2 Å². The van der Waals surface area contributed by atoms with Crippen molar-refractivity contribution in [1.82, 2.24) is 0 Å². The molecule has 0 spiro atoms. The fraction of sp³-hybridized carbons (Fsp3) is 0.200. The van der Waals surface area contributed by atoms with Crippen LogP contribution >= 0.6 is 0 Å². The van der Waals surface area contributed by atoms with Gasteiger partial charge in [-0.1, -0.05) is 18.2 Å². The number of nitro benzene ring substituents is 1. The van der Waals surface area contributed by atoms with Crippen LogP contribution in [0.1, 0.15) is 11.1 Å². The van der Waals surface area contributed by atoms with Crippen LogP contribution in [0.2, 0.25) is 0 Å². The molecule has 6 nitrogen and oxygen atoms in total. The normalized spacial score (nSPS) is 10.2. The van der Waals surface area contributed by atoms with Crippen LogP contribution in [0, 0.1) is 10.1 Å². The number of phenolic OH excluding ortho intramolecular Hbond substituents is 1. The first-order valence-electron chi connectivity index (χ1n) is 6.23. The molecule has 21 heavy (non-hydrogen) atoms. The molecule has 0 unspecified atom stereocenters. The minimum Gasteiger partial charge on any atom is -0.502 e.